The van der Waals surface area contributed by atoms with Crippen molar-refractivity contribution in [3.05, 3.63) is 57.3 Å². The Hall–Kier alpha value is -1.26. The van der Waals surface area contributed by atoms with Gasteiger partial charge in [-0.2, -0.15) is 0 Å². The quantitative estimate of drug-likeness (QED) is 0.846. The summed E-state index contributed by atoms with van der Waals surface area (Å²) in [6.45, 7) is 0.0390. The second-order valence-electron chi connectivity index (χ2n) is 3.67. The Morgan fingerprint density at radius 2 is 2.06 bits per heavy atom. The maximum atomic E-state index is 13.5. The van der Waals surface area contributed by atoms with Gasteiger partial charge in [-0.15, -0.1) is 0 Å². The molecule has 2 aromatic carbocycles. The Kier molecular flexibility index (Phi) is 4.09. The van der Waals surface area contributed by atoms with Crippen molar-refractivity contribution in [3.63, 3.8) is 0 Å². The lowest BCUT2D eigenvalue weighted by molar-refractivity contribution is 0.301. The number of hydrogen-bond donors (Lipinski definition) is 1. The first-order chi connectivity index (χ1) is 8.58. The fourth-order valence-corrected chi connectivity index (χ4v) is 2.07. The van der Waals surface area contributed by atoms with Gasteiger partial charge < -0.3 is 10.5 Å². The Bertz CT molecular complexity index is 557. The highest BCUT2D eigenvalue weighted by Gasteiger charge is 2.08. The van der Waals surface area contributed by atoms with E-state index in [-0.39, 0.29) is 6.61 Å². The van der Waals surface area contributed by atoms with Crippen molar-refractivity contribution in [2.45, 2.75) is 6.61 Å². The third kappa shape index (κ3) is 2.94. The van der Waals surface area contributed by atoms with Gasteiger partial charge in [0.1, 0.15) is 18.2 Å². The molecule has 0 atom stereocenters. The van der Waals surface area contributed by atoms with Crippen LogP contribution in [0.15, 0.2) is 40.9 Å². The molecule has 0 spiro atoms. The minimum Gasteiger partial charge on any atom is -0.487 e. The lowest BCUT2D eigenvalue weighted by Crippen LogP contribution is -2.01. The molecule has 0 bridgehead atoms. The van der Waals surface area contributed by atoms with Crippen LogP contribution in [0.25, 0.3) is 0 Å². The van der Waals surface area contributed by atoms with E-state index in [9.17, 15) is 4.39 Å². The van der Waals surface area contributed by atoms with Gasteiger partial charge in [0, 0.05) is 10.0 Å². The molecule has 94 valence electrons. The van der Waals surface area contributed by atoms with Gasteiger partial charge in [0.25, 0.3) is 0 Å². The number of anilines is 1. The van der Waals surface area contributed by atoms with Crippen molar-refractivity contribution in [2.75, 3.05) is 5.73 Å². The number of rotatable bonds is 3. The summed E-state index contributed by atoms with van der Waals surface area (Å²) < 4.78 is 19.8. The molecule has 0 unspecified atom stereocenters. The number of ether oxygens (including phenoxy) is 1. The van der Waals surface area contributed by atoms with Crippen molar-refractivity contribution < 1.29 is 9.13 Å². The van der Waals surface area contributed by atoms with Crippen LogP contribution in [0.5, 0.6) is 5.75 Å². The van der Waals surface area contributed by atoms with Gasteiger partial charge in [-0.05, 0) is 30.3 Å². The van der Waals surface area contributed by atoms with Crippen LogP contribution in [-0.2, 0) is 6.61 Å². The van der Waals surface area contributed by atoms with Crippen LogP contribution in [0.1, 0.15) is 5.56 Å². The number of benzene rings is 2. The minimum absolute atomic E-state index is 0.0390. The zero-order valence-corrected chi connectivity index (χ0v) is 11.6. The summed E-state index contributed by atoms with van der Waals surface area (Å²) in [4.78, 5) is 0. The van der Waals surface area contributed by atoms with Gasteiger partial charge in [-0.1, -0.05) is 33.6 Å². The summed E-state index contributed by atoms with van der Waals surface area (Å²) in [5, 5.41) is 0.339. The van der Waals surface area contributed by atoms with E-state index in [4.69, 9.17) is 22.1 Å². The SMILES string of the molecule is Nc1cc(Br)ccc1OCc1c(F)cccc1Cl. The van der Waals surface area contributed by atoms with Crippen LogP contribution in [0.2, 0.25) is 5.02 Å². The molecule has 2 nitrogen and oxygen atoms in total. The molecule has 0 saturated carbocycles. The number of halogens is 3. The van der Waals surface area contributed by atoms with Gasteiger partial charge in [-0.3, -0.25) is 0 Å². The monoisotopic (exact) mass is 329 g/mol. The molecule has 2 N–H and O–H groups in total. The van der Waals surface area contributed by atoms with Crippen molar-refractivity contribution in [2.24, 2.45) is 0 Å². The molecule has 0 radical (unpaired) electrons. The summed E-state index contributed by atoms with van der Waals surface area (Å²) in [5.74, 6) is 0.107. The second-order valence-corrected chi connectivity index (χ2v) is 4.99. The van der Waals surface area contributed by atoms with E-state index in [0.717, 1.165) is 4.47 Å². The number of hydrogen-bond acceptors (Lipinski definition) is 2. The first kappa shape index (κ1) is 13.2. The van der Waals surface area contributed by atoms with Crippen LogP contribution < -0.4 is 10.5 Å². The maximum Gasteiger partial charge on any atom is 0.142 e. The van der Waals surface area contributed by atoms with Crippen LogP contribution in [0, 0.1) is 5.82 Å². The molecule has 0 aliphatic rings. The molecule has 0 amide bonds. The first-order valence-electron chi connectivity index (χ1n) is 5.18. The molecule has 0 aromatic heterocycles. The average Bonchev–Trinajstić information content (AvgIpc) is 2.31. The topological polar surface area (TPSA) is 35.2 Å². The van der Waals surface area contributed by atoms with E-state index in [0.29, 0.717) is 22.0 Å². The molecule has 0 saturated heterocycles. The standard InChI is InChI=1S/C13H10BrClFNO/c14-8-4-5-13(12(17)6-8)18-7-9-10(15)2-1-3-11(9)16/h1-6H,7,17H2. The minimum atomic E-state index is -0.391. The van der Waals surface area contributed by atoms with E-state index in [1.807, 2.05) is 0 Å². The molecule has 0 fully saturated rings. The molecule has 2 rings (SSSR count). The summed E-state index contributed by atoms with van der Waals surface area (Å²) in [6.07, 6.45) is 0. The highest BCUT2D eigenvalue weighted by Crippen LogP contribution is 2.27. The smallest absolute Gasteiger partial charge is 0.142 e. The lowest BCUT2D eigenvalue weighted by Gasteiger charge is -2.10. The molecule has 0 aliphatic heterocycles. The third-order valence-corrected chi connectivity index (χ3v) is 3.25. The molecular weight excluding hydrogens is 321 g/mol. The van der Waals surface area contributed by atoms with E-state index >= 15 is 0 Å². The molecule has 0 heterocycles. The molecule has 5 heteroatoms. The van der Waals surface area contributed by atoms with E-state index in [2.05, 4.69) is 15.9 Å². The normalized spacial score (nSPS) is 10.4. The van der Waals surface area contributed by atoms with Gasteiger partial charge in [0.05, 0.1) is 10.7 Å². The second kappa shape index (κ2) is 5.59. The average molecular weight is 331 g/mol. The zero-order chi connectivity index (χ0) is 13.1. The van der Waals surface area contributed by atoms with Gasteiger partial charge in [-0.25, -0.2) is 4.39 Å². The van der Waals surface area contributed by atoms with Crippen molar-refractivity contribution >= 4 is 33.2 Å². The van der Waals surface area contributed by atoms with Crippen LogP contribution in [0.3, 0.4) is 0 Å². The molecular formula is C13H10BrClFNO. The van der Waals surface area contributed by atoms with Crippen LogP contribution >= 0.6 is 27.5 Å². The summed E-state index contributed by atoms with van der Waals surface area (Å²) in [7, 11) is 0. The van der Waals surface area contributed by atoms with Crippen molar-refractivity contribution in [3.8, 4) is 5.75 Å². The fourth-order valence-electron chi connectivity index (χ4n) is 1.47. The van der Waals surface area contributed by atoms with Crippen LogP contribution in [-0.4, -0.2) is 0 Å². The molecule has 2 aromatic rings. The zero-order valence-electron chi connectivity index (χ0n) is 9.29. The fraction of sp³-hybridized carbons (Fsp3) is 0.0769. The Labute approximate surface area is 118 Å². The predicted octanol–water partition coefficient (Wildman–Crippen LogP) is 4.40. The maximum absolute atomic E-state index is 13.5. The lowest BCUT2D eigenvalue weighted by atomic mass is 10.2. The van der Waals surface area contributed by atoms with E-state index < -0.39 is 5.82 Å². The highest BCUT2D eigenvalue weighted by atomic mass is 79.9. The van der Waals surface area contributed by atoms with E-state index in [1.54, 1.807) is 30.3 Å². The van der Waals surface area contributed by atoms with Crippen molar-refractivity contribution in [1.82, 2.24) is 0 Å². The third-order valence-electron chi connectivity index (χ3n) is 2.41. The predicted molar refractivity (Wildman–Crippen MR) is 74.3 cm³/mol. The van der Waals surface area contributed by atoms with Gasteiger partial charge in [0.2, 0.25) is 0 Å². The first-order valence-corrected chi connectivity index (χ1v) is 6.35. The van der Waals surface area contributed by atoms with Gasteiger partial charge in [0.15, 0.2) is 0 Å². The largest absolute Gasteiger partial charge is 0.487 e. The summed E-state index contributed by atoms with van der Waals surface area (Å²) >= 11 is 9.20. The van der Waals surface area contributed by atoms with E-state index in [1.165, 1.54) is 6.07 Å². The van der Waals surface area contributed by atoms with Crippen molar-refractivity contribution in [1.29, 1.82) is 0 Å². The number of nitrogens with two attached hydrogens (primary N) is 1. The molecule has 0 aliphatic carbocycles. The Morgan fingerprint density at radius 3 is 2.72 bits per heavy atom. The van der Waals surface area contributed by atoms with Crippen LogP contribution in [0.4, 0.5) is 10.1 Å². The summed E-state index contributed by atoms with van der Waals surface area (Å²) in [6, 6.07) is 9.75. The summed E-state index contributed by atoms with van der Waals surface area (Å²) in [5.41, 5.74) is 6.58. The Morgan fingerprint density at radius 1 is 1.28 bits per heavy atom. The number of nitrogen functional groups attached to an aromatic ring is 1. The Balaban J connectivity index is 2.16. The highest BCUT2D eigenvalue weighted by molar-refractivity contribution is 9.10. The molecule has 18 heavy (non-hydrogen) atoms. The van der Waals surface area contributed by atoms with Gasteiger partial charge >= 0.3 is 0 Å².